The van der Waals surface area contributed by atoms with Gasteiger partial charge in [0, 0.05) is 60.7 Å². The van der Waals surface area contributed by atoms with Crippen LogP contribution in [0.2, 0.25) is 5.02 Å². The van der Waals surface area contributed by atoms with Crippen LogP contribution in [0.5, 0.6) is 5.75 Å². The summed E-state index contributed by atoms with van der Waals surface area (Å²) >= 11 is 7.81. The van der Waals surface area contributed by atoms with E-state index in [2.05, 4.69) is 60.0 Å². The fourth-order valence-electron chi connectivity index (χ4n) is 9.97. The zero-order valence-electron chi connectivity index (χ0n) is 42.4. The lowest BCUT2D eigenvalue weighted by molar-refractivity contribution is -0.164. The topological polar surface area (TPSA) is 201 Å². The number of rotatable bonds is 20. The van der Waals surface area contributed by atoms with Crippen LogP contribution >= 0.6 is 22.9 Å². The summed E-state index contributed by atoms with van der Waals surface area (Å²) in [6.07, 6.45) is 1.63. The number of carbonyl (C=O) groups excluding carboxylic acids is 5. The number of carbonyl (C=O) groups is 5. The number of nitrogens with zero attached hydrogens (tertiary/aromatic N) is 3. The molecule has 2 fully saturated rings. The number of hydrogen-bond donors (Lipinski definition) is 4. The van der Waals surface area contributed by atoms with Gasteiger partial charge in [-0.1, -0.05) is 84.3 Å². The fraction of sp³-hybridized carbons (Fsp3) is 0.500. The molecule has 6 rings (SSSR count). The molecule has 3 aromatic carbocycles. The van der Waals surface area contributed by atoms with Crippen LogP contribution in [0.15, 0.2) is 72.2 Å². The number of unbranched alkanes of at least 4 members (excludes halogenated alkanes) is 2. The van der Waals surface area contributed by atoms with Gasteiger partial charge >= 0.3 is 5.97 Å². The third-order valence-corrected chi connectivity index (χ3v) is 14.8. The molecule has 4 N–H and O–H groups in total. The maximum absolute atomic E-state index is 14.3. The smallest absolute Gasteiger partial charge is 0.302 e. The maximum Gasteiger partial charge on any atom is 0.302 e. The Morgan fingerprint density at radius 2 is 1.65 bits per heavy atom. The van der Waals surface area contributed by atoms with E-state index < -0.39 is 41.4 Å². The summed E-state index contributed by atoms with van der Waals surface area (Å²) in [6, 6.07) is 19.9. The van der Waals surface area contributed by atoms with E-state index in [1.165, 1.54) is 11.8 Å². The van der Waals surface area contributed by atoms with Crippen molar-refractivity contribution in [2.75, 3.05) is 31.6 Å². The van der Waals surface area contributed by atoms with Gasteiger partial charge in [-0.3, -0.25) is 24.0 Å². The second-order valence-corrected chi connectivity index (χ2v) is 22.1. The molecule has 2 heterocycles. The highest BCUT2D eigenvalue weighted by molar-refractivity contribution is 7.13. The normalized spacial score (nSPS) is 19.8. The van der Waals surface area contributed by atoms with Crippen LogP contribution in [0.4, 0.5) is 5.69 Å². The van der Waals surface area contributed by atoms with Gasteiger partial charge in [0.1, 0.15) is 42.7 Å². The molecule has 1 aliphatic carbocycles. The number of aromatic nitrogens is 1. The van der Waals surface area contributed by atoms with Crippen LogP contribution in [0.3, 0.4) is 0 Å². The van der Waals surface area contributed by atoms with E-state index in [1.54, 1.807) is 41.7 Å². The molecule has 4 amide bonds. The molecule has 0 bridgehead atoms. The standard InChI is InChI=1S/C54H68ClN7O8S/c1-32(35-14-16-36(17-15-35)45-33(2)58-31-71-45)59-48(66)43-27-41(69-34(3)63)29-62(43)49(67)46(52(4,5)6)60-44(64)30-68-25-13-11-12-24-57-39-21-18-37(19-22-39)47(65)61-50-53(7,8)51(54(50,9)10)70-40-23-20-38(28-56)42(55)26-40/h14-23,26,31-32,41,43,46,50-51,57H,11-13,24-25,27,29-30H2,1-10H3,(H,59,66)(H,60,64)(H,61,65)/t32-,41+,43-,46+,50-,51-/m0/s1. The minimum absolute atomic E-state index is 0.0139. The molecule has 15 nitrogen and oxygen atoms in total. The fourth-order valence-corrected chi connectivity index (χ4v) is 11.0. The molecule has 1 saturated carbocycles. The monoisotopic (exact) mass is 1010 g/mol. The van der Waals surface area contributed by atoms with Gasteiger partial charge in [-0.2, -0.15) is 5.26 Å². The molecule has 1 saturated heterocycles. The highest BCUT2D eigenvalue weighted by Gasteiger charge is 2.64. The van der Waals surface area contributed by atoms with E-state index in [0.717, 1.165) is 40.2 Å². The number of esters is 1. The van der Waals surface area contributed by atoms with Crippen molar-refractivity contribution in [3.05, 3.63) is 99.6 Å². The maximum atomic E-state index is 14.3. The van der Waals surface area contributed by atoms with Crippen LogP contribution in [0.1, 0.15) is 121 Å². The largest absolute Gasteiger partial charge is 0.489 e. The van der Waals surface area contributed by atoms with Crippen molar-refractivity contribution in [1.29, 1.82) is 5.26 Å². The second-order valence-electron chi connectivity index (χ2n) is 20.9. The number of halogens is 1. The SMILES string of the molecule is CC(=O)O[C@@H]1C[C@@H](C(=O)N[C@@H](C)c2ccc(-c3scnc3C)cc2)N(C(=O)[C@@H](NC(=O)COCCCCCNc2ccc(C(=O)N[C@H]3C(C)(C)[C@H](Oc4ccc(C#N)c(Cl)c4)C3(C)C)cc2)C(C)(C)C)C1. The van der Waals surface area contributed by atoms with Crippen LogP contribution in [0, 0.1) is 34.5 Å². The number of aryl methyl sites for hydroxylation is 1. The molecule has 2 aliphatic rings. The number of likely N-dealkylation sites (tertiary alicyclic amines) is 1. The molecule has 71 heavy (non-hydrogen) atoms. The second kappa shape index (κ2) is 23.0. The highest BCUT2D eigenvalue weighted by atomic mass is 35.5. The first-order valence-corrected chi connectivity index (χ1v) is 25.4. The van der Waals surface area contributed by atoms with Gasteiger partial charge < -0.3 is 40.4 Å². The van der Waals surface area contributed by atoms with Crippen molar-refractivity contribution in [1.82, 2.24) is 25.8 Å². The number of hydrogen-bond acceptors (Lipinski definition) is 12. The molecule has 0 radical (unpaired) electrons. The predicted molar refractivity (Wildman–Crippen MR) is 275 cm³/mol. The first kappa shape index (κ1) is 54.3. The van der Waals surface area contributed by atoms with Crippen molar-refractivity contribution in [2.45, 2.75) is 131 Å². The Hall–Kier alpha value is -6.02. The summed E-state index contributed by atoms with van der Waals surface area (Å²) < 4.78 is 17.6. The summed E-state index contributed by atoms with van der Waals surface area (Å²) in [5, 5.41) is 22.1. The molecule has 4 aromatic rings. The number of nitrogens with one attached hydrogen (secondary N) is 4. The van der Waals surface area contributed by atoms with Gasteiger partial charge in [0.05, 0.1) is 39.3 Å². The molecule has 0 spiro atoms. The van der Waals surface area contributed by atoms with E-state index >= 15 is 0 Å². The van der Waals surface area contributed by atoms with Crippen molar-refractivity contribution in [3.8, 4) is 22.3 Å². The Bertz CT molecular complexity index is 2570. The lowest BCUT2D eigenvalue weighted by atomic mass is 9.49. The van der Waals surface area contributed by atoms with Gasteiger partial charge in [0.2, 0.25) is 17.7 Å². The van der Waals surface area contributed by atoms with E-state index in [9.17, 15) is 29.2 Å². The summed E-state index contributed by atoms with van der Waals surface area (Å²) in [6.45, 7) is 19.7. The summed E-state index contributed by atoms with van der Waals surface area (Å²) in [7, 11) is 0. The Balaban J connectivity index is 0.914. The van der Waals surface area contributed by atoms with Crippen LogP contribution < -0.4 is 26.0 Å². The van der Waals surface area contributed by atoms with E-state index in [4.69, 9.17) is 25.8 Å². The van der Waals surface area contributed by atoms with Crippen LogP contribution in [-0.4, -0.2) is 96.1 Å². The Morgan fingerprint density at radius 1 is 0.958 bits per heavy atom. The molecule has 1 aromatic heterocycles. The van der Waals surface area contributed by atoms with Gasteiger partial charge in [0.15, 0.2) is 0 Å². The molecule has 1 aliphatic heterocycles. The van der Waals surface area contributed by atoms with Crippen molar-refractivity contribution in [3.63, 3.8) is 0 Å². The van der Waals surface area contributed by atoms with Gasteiger partial charge in [-0.25, -0.2) is 4.98 Å². The number of ether oxygens (including phenoxy) is 3. The lowest BCUT2D eigenvalue weighted by Gasteiger charge is -2.63. The Morgan fingerprint density at radius 3 is 2.25 bits per heavy atom. The quantitative estimate of drug-likeness (QED) is 0.0487. The first-order chi connectivity index (χ1) is 33.5. The van der Waals surface area contributed by atoms with Crippen molar-refractivity contribution >= 4 is 58.2 Å². The van der Waals surface area contributed by atoms with Crippen LogP contribution in [0.25, 0.3) is 10.4 Å². The number of benzene rings is 3. The summed E-state index contributed by atoms with van der Waals surface area (Å²) in [5.41, 5.74) is 5.00. The Labute approximate surface area is 426 Å². The number of nitriles is 1. The van der Waals surface area contributed by atoms with E-state index in [0.29, 0.717) is 41.5 Å². The molecule has 17 heteroatoms. The molecular formula is C54H68ClN7O8S. The number of thiazole rings is 1. The van der Waals surface area contributed by atoms with Crippen LogP contribution in [-0.2, 0) is 28.7 Å². The minimum atomic E-state index is -0.989. The summed E-state index contributed by atoms with van der Waals surface area (Å²) in [5.74, 6) is -1.39. The first-order valence-electron chi connectivity index (χ1n) is 24.2. The van der Waals surface area contributed by atoms with Crippen molar-refractivity contribution < 1.29 is 38.2 Å². The highest BCUT2D eigenvalue weighted by Crippen LogP contribution is 2.55. The third-order valence-electron chi connectivity index (χ3n) is 13.5. The van der Waals surface area contributed by atoms with Gasteiger partial charge in [0.25, 0.3) is 5.91 Å². The predicted octanol–water partition coefficient (Wildman–Crippen LogP) is 8.80. The van der Waals surface area contributed by atoms with Crippen molar-refractivity contribution in [2.24, 2.45) is 16.2 Å². The lowest BCUT2D eigenvalue weighted by Crippen LogP contribution is -2.74. The number of amides is 4. The Kier molecular flexibility index (Phi) is 17.6. The average Bonchev–Trinajstić information content (AvgIpc) is 3.95. The van der Waals surface area contributed by atoms with Gasteiger partial charge in [-0.15, -0.1) is 11.3 Å². The molecule has 4 atom stereocenters. The number of anilines is 1. The van der Waals surface area contributed by atoms with Gasteiger partial charge in [-0.05, 0) is 86.1 Å². The zero-order valence-corrected chi connectivity index (χ0v) is 44.0. The molecule has 380 valence electrons. The summed E-state index contributed by atoms with van der Waals surface area (Å²) in [4.78, 5) is 73.7. The third kappa shape index (κ3) is 13.3. The molecule has 0 unspecified atom stereocenters. The minimum Gasteiger partial charge on any atom is -0.489 e. The van der Waals surface area contributed by atoms with E-state index in [1.807, 2.05) is 76.5 Å². The molecular weight excluding hydrogens is 942 g/mol. The zero-order chi connectivity index (χ0) is 51.8. The van der Waals surface area contributed by atoms with E-state index in [-0.39, 0.29) is 60.4 Å². The average molecular weight is 1010 g/mol.